The molecule has 0 spiro atoms. The second-order valence-corrected chi connectivity index (χ2v) is 8.08. The standard InChI is InChI=1S/C21H27FN4O/c1-13-8-15(4-7-19(13)22)16-9-17-5-6-18(10-16)26(17)12-21(27)23-20-11-25(3)24-14(20)2/h4,7-8,11,16-18H,5-6,9-10,12H2,1-3H3,(H,23,27)/t16?,17-,18+. The monoisotopic (exact) mass is 370 g/mol. The van der Waals surface area contributed by atoms with Crippen molar-refractivity contribution in [2.24, 2.45) is 7.05 Å². The molecule has 2 saturated heterocycles. The topological polar surface area (TPSA) is 50.2 Å². The molecule has 27 heavy (non-hydrogen) atoms. The summed E-state index contributed by atoms with van der Waals surface area (Å²) in [6, 6.07) is 6.37. The Morgan fingerprint density at radius 3 is 2.56 bits per heavy atom. The fraction of sp³-hybridized carbons (Fsp3) is 0.524. The average molecular weight is 370 g/mol. The van der Waals surface area contributed by atoms with Crippen LogP contribution in [0.2, 0.25) is 0 Å². The van der Waals surface area contributed by atoms with Crippen LogP contribution in [0.1, 0.15) is 48.4 Å². The number of anilines is 1. The molecular formula is C21H27FN4O. The number of rotatable bonds is 4. The molecule has 1 aromatic carbocycles. The predicted molar refractivity (Wildman–Crippen MR) is 103 cm³/mol. The van der Waals surface area contributed by atoms with Crippen molar-refractivity contribution < 1.29 is 9.18 Å². The van der Waals surface area contributed by atoms with Crippen LogP contribution in [-0.4, -0.2) is 39.2 Å². The van der Waals surface area contributed by atoms with Gasteiger partial charge in [0.05, 0.1) is 17.9 Å². The van der Waals surface area contributed by atoms with E-state index in [4.69, 9.17) is 0 Å². The second kappa shape index (κ2) is 7.08. The summed E-state index contributed by atoms with van der Waals surface area (Å²) < 4.78 is 15.3. The summed E-state index contributed by atoms with van der Waals surface area (Å²) in [5.41, 5.74) is 3.57. The molecule has 1 aromatic heterocycles. The number of aromatic nitrogens is 2. The molecule has 2 aliphatic heterocycles. The van der Waals surface area contributed by atoms with E-state index in [1.165, 1.54) is 5.56 Å². The molecule has 2 aliphatic rings. The summed E-state index contributed by atoms with van der Waals surface area (Å²) in [5.74, 6) is 0.349. The summed E-state index contributed by atoms with van der Waals surface area (Å²) in [5, 5.41) is 7.27. The highest BCUT2D eigenvalue weighted by Gasteiger charge is 2.41. The van der Waals surface area contributed by atoms with E-state index in [0.717, 1.165) is 37.1 Å². The van der Waals surface area contributed by atoms with Crippen molar-refractivity contribution in [1.29, 1.82) is 0 Å². The van der Waals surface area contributed by atoms with E-state index in [-0.39, 0.29) is 11.7 Å². The van der Waals surface area contributed by atoms with Crippen molar-refractivity contribution in [1.82, 2.24) is 14.7 Å². The molecule has 0 aliphatic carbocycles. The molecule has 0 radical (unpaired) electrons. The van der Waals surface area contributed by atoms with E-state index in [1.54, 1.807) is 10.7 Å². The third kappa shape index (κ3) is 3.63. The first kappa shape index (κ1) is 18.2. The van der Waals surface area contributed by atoms with Gasteiger partial charge in [0, 0.05) is 25.3 Å². The first-order valence-corrected chi connectivity index (χ1v) is 9.72. The van der Waals surface area contributed by atoms with E-state index in [1.807, 2.05) is 39.2 Å². The van der Waals surface area contributed by atoms with Crippen molar-refractivity contribution >= 4 is 11.6 Å². The Labute approximate surface area is 159 Å². The molecule has 2 fully saturated rings. The van der Waals surface area contributed by atoms with Gasteiger partial charge >= 0.3 is 0 Å². The smallest absolute Gasteiger partial charge is 0.238 e. The maximum absolute atomic E-state index is 13.6. The Morgan fingerprint density at radius 1 is 1.26 bits per heavy atom. The van der Waals surface area contributed by atoms with Gasteiger partial charge in [-0.15, -0.1) is 0 Å². The van der Waals surface area contributed by atoms with E-state index < -0.39 is 0 Å². The van der Waals surface area contributed by atoms with Gasteiger partial charge in [0.25, 0.3) is 0 Å². The lowest BCUT2D eigenvalue weighted by atomic mass is 9.84. The summed E-state index contributed by atoms with van der Waals surface area (Å²) in [6.07, 6.45) is 6.20. The highest BCUT2D eigenvalue weighted by molar-refractivity contribution is 5.92. The lowest BCUT2D eigenvalue weighted by Gasteiger charge is -2.38. The number of carbonyl (C=O) groups is 1. The Kier molecular flexibility index (Phi) is 4.76. The lowest BCUT2D eigenvalue weighted by molar-refractivity contribution is -0.118. The molecule has 2 aromatic rings. The van der Waals surface area contributed by atoms with Crippen LogP contribution >= 0.6 is 0 Å². The molecule has 6 heteroatoms. The molecule has 5 nitrogen and oxygen atoms in total. The van der Waals surface area contributed by atoms with E-state index in [9.17, 15) is 9.18 Å². The Morgan fingerprint density at radius 2 is 1.96 bits per heavy atom. The zero-order chi connectivity index (χ0) is 19.1. The van der Waals surface area contributed by atoms with E-state index in [2.05, 4.69) is 15.3 Å². The molecular weight excluding hydrogens is 343 g/mol. The lowest BCUT2D eigenvalue weighted by Crippen LogP contribution is -2.46. The minimum atomic E-state index is -0.137. The van der Waals surface area contributed by atoms with Crippen molar-refractivity contribution in [2.75, 3.05) is 11.9 Å². The number of carbonyl (C=O) groups excluding carboxylic acids is 1. The number of hydrogen-bond donors (Lipinski definition) is 1. The molecule has 4 rings (SSSR count). The van der Waals surface area contributed by atoms with Gasteiger partial charge < -0.3 is 5.32 Å². The largest absolute Gasteiger partial charge is 0.322 e. The zero-order valence-corrected chi connectivity index (χ0v) is 16.2. The Bertz CT molecular complexity index is 848. The van der Waals surface area contributed by atoms with Gasteiger partial charge in [-0.05, 0) is 62.6 Å². The summed E-state index contributed by atoms with van der Waals surface area (Å²) in [6.45, 7) is 4.15. The van der Waals surface area contributed by atoms with Crippen molar-refractivity contribution in [3.8, 4) is 0 Å². The van der Waals surface area contributed by atoms with Crippen LogP contribution in [0.4, 0.5) is 10.1 Å². The van der Waals surface area contributed by atoms with Crippen LogP contribution in [0.15, 0.2) is 24.4 Å². The molecule has 1 N–H and O–H groups in total. The molecule has 0 saturated carbocycles. The number of piperidine rings is 1. The van der Waals surface area contributed by atoms with Crippen LogP contribution in [-0.2, 0) is 11.8 Å². The van der Waals surface area contributed by atoms with Gasteiger partial charge in [-0.25, -0.2) is 4.39 Å². The van der Waals surface area contributed by atoms with Gasteiger partial charge in [0.1, 0.15) is 5.82 Å². The highest BCUT2D eigenvalue weighted by Crippen LogP contribution is 2.43. The molecule has 1 amide bonds. The molecule has 144 valence electrons. The SMILES string of the molecule is Cc1cc(C2C[C@H]3CC[C@@H](C2)N3CC(=O)Nc2cn(C)nc2C)ccc1F. The van der Waals surface area contributed by atoms with E-state index >= 15 is 0 Å². The summed E-state index contributed by atoms with van der Waals surface area (Å²) in [4.78, 5) is 14.9. The molecule has 1 unspecified atom stereocenters. The van der Waals surface area contributed by atoms with Crippen LogP contribution in [0.5, 0.6) is 0 Å². The Hall–Kier alpha value is -2.21. The first-order valence-electron chi connectivity index (χ1n) is 9.72. The first-order chi connectivity index (χ1) is 12.9. The van der Waals surface area contributed by atoms with Crippen LogP contribution in [0.25, 0.3) is 0 Å². The molecule has 2 bridgehead atoms. The van der Waals surface area contributed by atoms with Gasteiger partial charge in [0.2, 0.25) is 5.91 Å². The van der Waals surface area contributed by atoms with Crippen LogP contribution in [0, 0.1) is 19.7 Å². The van der Waals surface area contributed by atoms with E-state index in [0.29, 0.717) is 30.1 Å². The fourth-order valence-corrected chi connectivity index (χ4v) is 4.80. The number of aryl methyl sites for hydroxylation is 3. The second-order valence-electron chi connectivity index (χ2n) is 8.08. The number of fused-ring (bicyclic) bond motifs is 2. The molecule has 3 atom stereocenters. The van der Waals surface area contributed by atoms with Gasteiger partial charge in [-0.3, -0.25) is 14.4 Å². The normalized spacial score (nSPS) is 25.0. The van der Waals surface area contributed by atoms with Gasteiger partial charge in [-0.2, -0.15) is 5.10 Å². The quantitative estimate of drug-likeness (QED) is 0.896. The number of hydrogen-bond acceptors (Lipinski definition) is 3. The number of amides is 1. The number of benzene rings is 1. The van der Waals surface area contributed by atoms with Gasteiger partial charge in [0.15, 0.2) is 0 Å². The van der Waals surface area contributed by atoms with Crippen molar-refractivity contribution in [2.45, 2.75) is 57.5 Å². The number of nitrogens with zero attached hydrogens (tertiary/aromatic N) is 3. The maximum Gasteiger partial charge on any atom is 0.238 e. The Balaban J connectivity index is 1.41. The van der Waals surface area contributed by atoms with Crippen molar-refractivity contribution in [3.05, 3.63) is 47.0 Å². The van der Waals surface area contributed by atoms with Crippen molar-refractivity contribution in [3.63, 3.8) is 0 Å². The predicted octanol–water partition coefficient (Wildman–Crippen LogP) is 3.53. The number of halogens is 1. The molecule has 3 heterocycles. The highest BCUT2D eigenvalue weighted by atomic mass is 19.1. The third-order valence-electron chi connectivity index (χ3n) is 6.15. The average Bonchev–Trinajstić information content (AvgIpc) is 3.03. The van der Waals surface area contributed by atoms with Gasteiger partial charge in [-0.1, -0.05) is 12.1 Å². The third-order valence-corrected chi connectivity index (χ3v) is 6.15. The minimum Gasteiger partial charge on any atom is -0.322 e. The number of nitrogens with one attached hydrogen (secondary N) is 1. The summed E-state index contributed by atoms with van der Waals surface area (Å²) in [7, 11) is 1.85. The van der Waals surface area contributed by atoms with Crippen LogP contribution in [0.3, 0.4) is 0 Å². The maximum atomic E-state index is 13.6. The van der Waals surface area contributed by atoms with Crippen LogP contribution < -0.4 is 5.32 Å². The fourth-order valence-electron chi connectivity index (χ4n) is 4.80. The zero-order valence-electron chi connectivity index (χ0n) is 16.2. The minimum absolute atomic E-state index is 0.0269. The summed E-state index contributed by atoms with van der Waals surface area (Å²) >= 11 is 0.